The quantitative estimate of drug-likeness (QED) is 0.110. The number of ether oxygens (including phenoxy) is 1. The third kappa shape index (κ3) is 7.59. The molecule has 0 aliphatic carbocycles. The summed E-state index contributed by atoms with van der Waals surface area (Å²) in [4.78, 5) is 15.7. The molecule has 46 heavy (non-hydrogen) atoms. The van der Waals surface area contributed by atoms with Crippen LogP contribution in [0.4, 0.5) is 0 Å². The van der Waals surface area contributed by atoms with Gasteiger partial charge in [-0.15, -0.1) is 0 Å². The van der Waals surface area contributed by atoms with Crippen molar-refractivity contribution in [2.24, 2.45) is 0 Å². The van der Waals surface area contributed by atoms with E-state index in [-0.39, 0.29) is 35.7 Å². The van der Waals surface area contributed by atoms with Crippen LogP contribution in [0.25, 0.3) is 0 Å². The van der Waals surface area contributed by atoms with Gasteiger partial charge in [-0.1, -0.05) is 136 Å². The standard InChI is InChI=1S/C38H43Cl2NO3SSi/c1-5-32(27-45-24-23-44-46(38(2,3)4,33-15-8-6-9-16-33)34-17-10-7-11-18-34)41-35(42)26-43-37(29-13-12-14-31(40)25-29)36(41)28-19-21-30(39)22-20-28/h6-22,25,32,36-37H,5,23-24,26-27H2,1-4H3/t32?,36-,37-/m1/s1. The van der Waals surface area contributed by atoms with Crippen molar-refractivity contribution in [3.05, 3.63) is 130 Å². The summed E-state index contributed by atoms with van der Waals surface area (Å²) in [6.07, 6.45) is 0.468. The molecule has 242 valence electrons. The second kappa shape index (κ2) is 15.5. The second-order valence-corrected chi connectivity index (χ2v) is 19.1. The zero-order valence-corrected chi connectivity index (χ0v) is 30.3. The largest absolute Gasteiger partial charge is 0.407 e. The molecule has 0 radical (unpaired) electrons. The summed E-state index contributed by atoms with van der Waals surface area (Å²) >= 11 is 14.5. The average Bonchev–Trinajstić information content (AvgIpc) is 3.05. The molecule has 1 fully saturated rings. The highest BCUT2D eigenvalue weighted by molar-refractivity contribution is 7.99. The van der Waals surface area contributed by atoms with Gasteiger partial charge in [0, 0.05) is 34.2 Å². The van der Waals surface area contributed by atoms with E-state index in [1.54, 1.807) is 0 Å². The van der Waals surface area contributed by atoms with E-state index in [1.807, 2.05) is 65.2 Å². The summed E-state index contributed by atoms with van der Waals surface area (Å²) in [5.41, 5.74) is 1.94. The molecule has 1 saturated heterocycles. The average molecular weight is 693 g/mol. The minimum atomic E-state index is -2.61. The first-order valence-corrected chi connectivity index (χ1v) is 19.7. The maximum Gasteiger partial charge on any atom is 0.261 e. The number of carbonyl (C=O) groups excluding carboxylic acids is 1. The number of benzene rings is 4. The Labute approximate surface area is 289 Å². The number of nitrogens with zero attached hydrogens (tertiary/aromatic N) is 1. The van der Waals surface area contributed by atoms with Crippen LogP contribution in [0.1, 0.15) is 57.4 Å². The van der Waals surface area contributed by atoms with Crippen molar-refractivity contribution >= 4 is 59.6 Å². The molecule has 1 heterocycles. The summed E-state index contributed by atoms with van der Waals surface area (Å²) in [5.74, 6) is 1.61. The molecule has 0 aromatic heterocycles. The highest BCUT2D eigenvalue weighted by Crippen LogP contribution is 2.43. The van der Waals surface area contributed by atoms with Gasteiger partial charge in [-0.05, 0) is 57.2 Å². The number of hydrogen-bond donors (Lipinski definition) is 0. The van der Waals surface area contributed by atoms with E-state index in [0.29, 0.717) is 16.7 Å². The van der Waals surface area contributed by atoms with Gasteiger partial charge in [0.1, 0.15) is 12.7 Å². The van der Waals surface area contributed by atoms with Crippen LogP contribution in [0.3, 0.4) is 0 Å². The van der Waals surface area contributed by atoms with Crippen LogP contribution < -0.4 is 10.4 Å². The van der Waals surface area contributed by atoms with Gasteiger partial charge in [-0.25, -0.2) is 0 Å². The lowest BCUT2D eigenvalue weighted by Crippen LogP contribution is -2.66. The predicted molar refractivity (Wildman–Crippen MR) is 196 cm³/mol. The maximum atomic E-state index is 13.7. The predicted octanol–water partition coefficient (Wildman–Crippen LogP) is 8.72. The zero-order valence-electron chi connectivity index (χ0n) is 27.0. The lowest BCUT2D eigenvalue weighted by atomic mass is 9.91. The van der Waals surface area contributed by atoms with E-state index < -0.39 is 8.32 Å². The topological polar surface area (TPSA) is 38.8 Å². The Hall–Kier alpha value is -2.58. The van der Waals surface area contributed by atoms with E-state index in [2.05, 4.69) is 88.4 Å². The Balaban J connectivity index is 1.36. The first kappa shape index (κ1) is 34.7. The fourth-order valence-electron chi connectivity index (χ4n) is 6.65. The van der Waals surface area contributed by atoms with Gasteiger partial charge in [-0.3, -0.25) is 4.79 Å². The maximum absolute atomic E-state index is 13.7. The van der Waals surface area contributed by atoms with E-state index in [4.69, 9.17) is 32.4 Å². The molecule has 0 spiro atoms. The first-order chi connectivity index (χ1) is 22.2. The van der Waals surface area contributed by atoms with Gasteiger partial charge >= 0.3 is 0 Å². The summed E-state index contributed by atoms with van der Waals surface area (Å²) in [6, 6.07) is 36.7. The second-order valence-electron chi connectivity index (χ2n) is 12.7. The van der Waals surface area contributed by atoms with Crippen molar-refractivity contribution < 1.29 is 14.0 Å². The van der Waals surface area contributed by atoms with Crippen LogP contribution in [-0.4, -0.2) is 49.9 Å². The van der Waals surface area contributed by atoms with Gasteiger partial charge in [0.2, 0.25) is 5.91 Å². The van der Waals surface area contributed by atoms with Crippen LogP contribution in [0.2, 0.25) is 15.1 Å². The molecule has 1 aliphatic rings. The van der Waals surface area contributed by atoms with Crippen LogP contribution >= 0.6 is 35.0 Å². The summed E-state index contributed by atoms with van der Waals surface area (Å²) < 4.78 is 13.4. The number of carbonyl (C=O) groups is 1. The highest BCUT2D eigenvalue weighted by Gasteiger charge is 2.50. The minimum Gasteiger partial charge on any atom is -0.407 e. The third-order valence-electron chi connectivity index (χ3n) is 8.79. The number of thioether (sulfide) groups is 1. The molecule has 1 amide bonds. The van der Waals surface area contributed by atoms with E-state index in [9.17, 15) is 4.79 Å². The molecule has 4 nitrogen and oxygen atoms in total. The molecule has 0 N–H and O–H groups in total. The van der Waals surface area contributed by atoms with Crippen LogP contribution in [0, 0.1) is 0 Å². The minimum absolute atomic E-state index is 0.00533. The van der Waals surface area contributed by atoms with Crippen molar-refractivity contribution in [3.63, 3.8) is 0 Å². The lowest BCUT2D eigenvalue weighted by Gasteiger charge is -2.45. The SMILES string of the molecule is CCC(CSCCO[Si](c1ccccc1)(c1ccccc1)C(C)(C)C)N1C(=O)CO[C@H](c2cccc(Cl)c2)[C@H]1c1ccc(Cl)cc1. The van der Waals surface area contributed by atoms with Crippen LogP contribution in [0.5, 0.6) is 0 Å². The molecular weight excluding hydrogens is 649 g/mol. The van der Waals surface area contributed by atoms with Gasteiger partial charge < -0.3 is 14.1 Å². The molecule has 0 saturated carbocycles. The number of halogens is 2. The summed E-state index contributed by atoms with van der Waals surface area (Å²) in [6.45, 7) is 9.71. The summed E-state index contributed by atoms with van der Waals surface area (Å²) in [7, 11) is -2.61. The molecular formula is C38H43Cl2NO3SSi. The number of rotatable bonds is 12. The Morgan fingerprint density at radius 1 is 0.870 bits per heavy atom. The molecule has 0 bridgehead atoms. The molecule has 1 unspecified atom stereocenters. The van der Waals surface area contributed by atoms with Crippen LogP contribution in [0.15, 0.2) is 109 Å². The molecule has 4 aromatic rings. The van der Waals surface area contributed by atoms with E-state index in [0.717, 1.165) is 29.1 Å². The van der Waals surface area contributed by atoms with Gasteiger partial charge in [0.05, 0.1) is 6.04 Å². The smallest absolute Gasteiger partial charge is 0.261 e. The zero-order chi connectivity index (χ0) is 32.7. The monoisotopic (exact) mass is 691 g/mol. The van der Waals surface area contributed by atoms with Crippen molar-refractivity contribution in [2.45, 2.75) is 57.3 Å². The van der Waals surface area contributed by atoms with Crippen molar-refractivity contribution in [1.29, 1.82) is 0 Å². The Kier molecular flexibility index (Phi) is 11.7. The number of morpholine rings is 1. The fourth-order valence-corrected chi connectivity index (χ4v) is 12.7. The van der Waals surface area contributed by atoms with Gasteiger partial charge in [0.25, 0.3) is 8.32 Å². The molecule has 1 aliphatic heterocycles. The highest BCUT2D eigenvalue weighted by atomic mass is 35.5. The van der Waals surface area contributed by atoms with Crippen molar-refractivity contribution in [1.82, 2.24) is 4.90 Å². The van der Waals surface area contributed by atoms with Crippen LogP contribution in [-0.2, 0) is 14.0 Å². The van der Waals surface area contributed by atoms with E-state index in [1.165, 1.54) is 10.4 Å². The normalized spacial score (nSPS) is 18.0. The van der Waals surface area contributed by atoms with E-state index >= 15 is 0 Å². The first-order valence-electron chi connectivity index (χ1n) is 15.9. The Bertz CT molecular complexity index is 1530. The fraction of sp³-hybridized carbons (Fsp3) is 0.342. The van der Waals surface area contributed by atoms with Crippen molar-refractivity contribution in [3.8, 4) is 0 Å². The number of amides is 1. The third-order valence-corrected chi connectivity index (χ3v) is 15.4. The summed E-state index contributed by atoms with van der Waals surface area (Å²) in [5, 5.41) is 3.78. The van der Waals surface area contributed by atoms with Gasteiger partial charge in [-0.2, -0.15) is 11.8 Å². The molecule has 3 atom stereocenters. The van der Waals surface area contributed by atoms with Gasteiger partial charge in [0.15, 0.2) is 0 Å². The Morgan fingerprint density at radius 2 is 1.50 bits per heavy atom. The number of hydrogen-bond acceptors (Lipinski definition) is 4. The van der Waals surface area contributed by atoms with Crippen molar-refractivity contribution in [2.75, 3.05) is 24.7 Å². The molecule has 8 heteroatoms. The Morgan fingerprint density at radius 3 is 2.07 bits per heavy atom. The molecule has 5 rings (SSSR count). The molecule has 4 aromatic carbocycles. The lowest BCUT2D eigenvalue weighted by molar-refractivity contribution is -0.162.